The Balaban J connectivity index is 2.02. The lowest BCUT2D eigenvalue weighted by Gasteiger charge is -2.21. The number of esters is 2. The van der Waals surface area contributed by atoms with E-state index in [1.165, 1.54) is 57.8 Å². The highest BCUT2D eigenvalue weighted by Crippen LogP contribution is 2.37. The molecule has 1 rings (SSSR count). The van der Waals surface area contributed by atoms with Crippen LogP contribution < -0.4 is 0 Å². The average Bonchev–Trinajstić information content (AvgIpc) is 3.34. The Morgan fingerprint density at radius 3 is 1.73 bits per heavy atom. The summed E-state index contributed by atoms with van der Waals surface area (Å²) in [4.78, 5) is 24.1. The number of unbranched alkanes of at least 4 members (excludes halogenated alkanes) is 14. The van der Waals surface area contributed by atoms with Gasteiger partial charge in [-0.1, -0.05) is 142 Å². The largest absolute Gasteiger partial charge is 0.463 e. The number of carbonyl (C=O) groups is 2. The molecule has 0 aromatic heterocycles. The highest BCUT2D eigenvalue weighted by molar-refractivity contribution is 5.69. The van der Waals surface area contributed by atoms with Crippen LogP contribution in [0.4, 0.5) is 0 Å². The summed E-state index contributed by atoms with van der Waals surface area (Å²) in [5, 5.41) is 41.2. The summed E-state index contributed by atoms with van der Waals surface area (Å²) in [5.74, 6) is -0.00893. The van der Waals surface area contributed by atoms with Gasteiger partial charge in [-0.25, -0.2) is 0 Å². The van der Waals surface area contributed by atoms with Gasteiger partial charge in [0.25, 0.3) is 0 Å². The molecule has 1 saturated carbocycles. The molecule has 8 heteroatoms. The zero-order chi connectivity index (χ0) is 35.4. The molecular formula is C40H74O8. The minimum atomic E-state index is -1.03. The van der Waals surface area contributed by atoms with Crippen LogP contribution >= 0.6 is 0 Å². The van der Waals surface area contributed by atoms with Crippen molar-refractivity contribution in [2.45, 2.75) is 199 Å². The van der Waals surface area contributed by atoms with Crippen LogP contribution in [-0.4, -0.2) is 70.0 Å². The van der Waals surface area contributed by atoms with Gasteiger partial charge in [0.15, 0.2) is 0 Å². The Kier molecular flexibility index (Phi) is 27.2. The number of hydrogen-bond acceptors (Lipinski definition) is 8. The van der Waals surface area contributed by atoms with E-state index in [-0.39, 0.29) is 43.4 Å². The highest BCUT2D eigenvalue weighted by Gasteiger charge is 2.39. The van der Waals surface area contributed by atoms with Crippen LogP contribution in [0.15, 0.2) is 12.2 Å². The van der Waals surface area contributed by atoms with Crippen molar-refractivity contribution < 1.29 is 39.5 Å². The smallest absolute Gasteiger partial charge is 0.305 e. The molecule has 1 unspecified atom stereocenters. The average molecular weight is 683 g/mol. The Hall–Kier alpha value is -1.48. The summed E-state index contributed by atoms with van der Waals surface area (Å²) in [6.07, 6.45) is 24.7. The zero-order valence-electron chi connectivity index (χ0n) is 31.0. The van der Waals surface area contributed by atoms with Gasteiger partial charge < -0.3 is 29.9 Å². The van der Waals surface area contributed by atoms with Crippen molar-refractivity contribution in [3.05, 3.63) is 12.2 Å². The second-order valence-electron chi connectivity index (χ2n) is 14.6. The van der Waals surface area contributed by atoms with Crippen LogP contribution in [0.2, 0.25) is 0 Å². The summed E-state index contributed by atoms with van der Waals surface area (Å²) < 4.78 is 10.3. The first-order valence-electron chi connectivity index (χ1n) is 19.9. The number of rotatable bonds is 31. The third-order valence-corrected chi connectivity index (χ3v) is 10.1. The van der Waals surface area contributed by atoms with Gasteiger partial charge in [0.1, 0.15) is 19.3 Å². The van der Waals surface area contributed by atoms with Crippen LogP contribution in [0.5, 0.6) is 0 Å². The van der Waals surface area contributed by atoms with Crippen LogP contribution in [0.3, 0.4) is 0 Å². The standard InChI is InChI=1S/C40H74O8/c1-4-6-17-23-33(41)27-28-36-35(37(43)29-38(36)44)24-19-15-16-21-26-40(46)48-31-34(42)30-47-39(45)25-20-14-12-10-8-7-9-11-13-18-22-32(3)5-2/h27-28,32-38,41-44H,4-26,29-31H2,1-3H3/b28-27+/t32?,33-,34+,35+,36+,37-,38+/m0/s1. The molecule has 1 fully saturated rings. The molecule has 48 heavy (non-hydrogen) atoms. The number of carbonyl (C=O) groups excluding carboxylic acids is 2. The predicted molar refractivity (Wildman–Crippen MR) is 193 cm³/mol. The quantitative estimate of drug-likeness (QED) is 0.0326. The molecule has 0 amide bonds. The molecule has 1 aliphatic carbocycles. The van der Waals surface area contributed by atoms with E-state index in [1.807, 2.05) is 6.08 Å². The molecule has 4 N–H and O–H groups in total. The molecule has 0 bridgehead atoms. The second kappa shape index (κ2) is 29.3. The molecule has 8 nitrogen and oxygen atoms in total. The molecule has 1 aliphatic rings. The minimum Gasteiger partial charge on any atom is -0.463 e. The van der Waals surface area contributed by atoms with Gasteiger partial charge in [0.05, 0.1) is 18.3 Å². The van der Waals surface area contributed by atoms with Gasteiger partial charge in [0.2, 0.25) is 0 Å². The molecule has 0 aliphatic heterocycles. The Bertz CT molecular complexity index is 817. The van der Waals surface area contributed by atoms with E-state index in [4.69, 9.17) is 9.47 Å². The lowest BCUT2D eigenvalue weighted by atomic mass is 9.88. The summed E-state index contributed by atoms with van der Waals surface area (Å²) in [6, 6.07) is 0. The Morgan fingerprint density at radius 2 is 1.19 bits per heavy atom. The first-order valence-corrected chi connectivity index (χ1v) is 19.9. The number of aliphatic hydroxyl groups is 4. The molecule has 0 aromatic carbocycles. The van der Waals surface area contributed by atoms with Crippen molar-refractivity contribution in [3.8, 4) is 0 Å². The van der Waals surface area contributed by atoms with Crippen molar-refractivity contribution in [2.24, 2.45) is 17.8 Å². The van der Waals surface area contributed by atoms with Gasteiger partial charge >= 0.3 is 11.9 Å². The second-order valence-corrected chi connectivity index (χ2v) is 14.6. The highest BCUT2D eigenvalue weighted by atomic mass is 16.6. The van der Waals surface area contributed by atoms with E-state index >= 15 is 0 Å². The zero-order valence-corrected chi connectivity index (χ0v) is 31.0. The summed E-state index contributed by atoms with van der Waals surface area (Å²) in [5.41, 5.74) is 0. The van der Waals surface area contributed by atoms with Gasteiger partial charge in [-0.15, -0.1) is 0 Å². The maximum absolute atomic E-state index is 12.1. The van der Waals surface area contributed by atoms with Crippen LogP contribution in [0.1, 0.15) is 175 Å². The number of hydrogen-bond donors (Lipinski definition) is 4. The molecule has 282 valence electrons. The van der Waals surface area contributed by atoms with Crippen molar-refractivity contribution in [2.75, 3.05) is 13.2 Å². The Labute approximate surface area is 293 Å². The van der Waals surface area contributed by atoms with Crippen LogP contribution in [0.25, 0.3) is 0 Å². The first kappa shape index (κ1) is 44.5. The fourth-order valence-electron chi connectivity index (χ4n) is 6.69. The van der Waals surface area contributed by atoms with Gasteiger partial charge in [-0.2, -0.15) is 0 Å². The van der Waals surface area contributed by atoms with E-state index in [9.17, 15) is 30.0 Å². The topological polar surface area (TPSA) is 134 Å². The molecule has 0 spiro atoms. The van der Waals surface area contributed by atoms with Crippen molar-refractivity contribution in [1.29, 1.82) is 0 Å². The summed E-state index contributed by atoms with van der Waals surface area (Å²) >= 11 is 0. The lowest BCUT2D eigenvalue weighted by molar-refractivity contribution is -0.152. The van der Waals surface area contributed by atoms with Crippen LogP contribution in [-0.2, 0) is 19.1 Å². The number of ether oxygens (including phenoxy) is 2. The Morgan fingerprint density at radius 1 is 0.688 bits per heavy atom. The van der Waals surface area contributed by atoms with Crippen molar-refractivity contribution in [1.82, 2.24) is 0 Å². The molecule has 0 radical (unpaired) electrons. The fraction of sp³-hybridized carbons (Fsp3) is 0.900. The van der Waals surface area contributed by atoms with E-state index in [0.717, 1.165) is 70.1 Å². The maximum atomic E-state index is 12.1. The maximum Gasteiger partial charge on any atom is 0.305 e. The van der Waals surface area contributed by atoms with Crippen molar-refractivity contribution in [3.63, 3.8) is 0 Å². The third kappa shape index (κ3) is 23.0. The predicted octanol–water partition coefficient (Wildman–Crippen LogP) is 8.36. The number of aliphatic hydroxyl groups excluding tert-OH is 4. The van der Waals surface area contributed by atoms with E-state index < -0.39 is 24.4 Å². The summed E-state index contributed by atoms with van der Waals surface area (Å²) in [7, 11) is 0. The van der Waals surface area contributed by atoms with E-state index in [0.29, 0.717) is 25.7 Å². The normalized spacial score (nSPS) is 21.4. The van der Waals surface area contributed by atoms with Gasteiger partial charge in [-0.05, 0) is 37.5 Å². The van der Waals surface area contributed by atoms with E-state index in [2.05, 4.69) is 20.8 Å². The van der Waals surface area contributed by atoms with Crippen molar-refractivity contribution >= 4 is 11.9 Å². The monoisotopic (exact) mass is 683 g/mol. The molecule has 0 heterocycles. The van der Waals surface area contributed by atoms with Crippen LogP contribution in [0, 0.1) is 17.8 Å². The third-order valence-electron chi connectivity index (χ3n) is 10.1. The summed E-state index contributed by atoms with van der Waals surface area (Å²) in [6.45, 7) is 6.39. The lowest BCUT2D eigenvalue weighted by Crippen LogP contribution is -2.25. The molecule has 7 atom stereocenters. The first-order chi connectivity index (χ1) is 23.2. The SMILES string of the molecule is CCCCC[C@H](O)/C=C/[C@@H]1[C@@H](CCCCCCC(=O)OC[C@H](O)COC(=O)CCCCCCCCCCCCC(C)CC)[C@@H](O)C[C@H]1O. The molecular weight excluding hydrogens is 608 g/mol. The minimum absolute atomic E-state index is 0.0293. The van der Waals surface area contributed by atoms with Gasteiger partial charge in [-0.3, -0.25) is 9.59 Å². The van der Waals surface area contributed by atoms with E-state index in [1.54, 1.807) is 6.08 Å². The fourth-order valence-corrected chi connectivity index (χ4v) is 6.69. The molecule has 0 saturated heterocycles. The molecule has 0 aromatic rings. The van der Waals surface area contributed by atoms with Gasteiger partial charge in [0, 0.05) is 25.2 Å².